The maximum absolute atomic E-state index is 13.2. The van der Waals surface area contributed by atoms with Crippen LogP contribution >= 0.6 is 0 Å². The summed E-state index contributed by atoms with van der Waals surface area (Å²) in [5.74, 6) is 0.472. The highest BCUT2D eigenvalue weighted by Gasteiger charge is 2.18. The number of rotatable bonds is 6. The van der Waals surface area contributed by atoms with Crippen molar-refractivity contribution in [2.75, 3.05) is 29.1 Å². The first-order valence-corrected chi connectivity index (χ1v) is 7.74. The summed E-state index contributed by atoms with van der Waals surface area (Å²) in [6, 6.07) is 9.72. The molecule has 128 valence electrons. The number of benzene rings is 1. The van der Waals surface area contributed by atoms with Gasteiger partial charge in [-0.1, -0.05) is 12.1 Å². The van der Waals surface area contributed by atoms with Gasteiger partial charge in [-0.25, -0.2) is 14.2 Å². The normalized spacial score (nSPS) is 10.3. The third-order valence-electron chi connectivity index (χ3n) is 3.36. The molecule has 1 amide bonds. The Bertz CT molecular complexity index is 709. The number of carbonyl (C=O) groups is 1. The van der Waals surface area contributed by atoms with Crippen LogP contribution in [0.2, 0.25) is 0 Å². The van der Waals surface area contributed by atoms with Crippen LogP contribution < -0.4 is 16.0 Å². The summed E-state index contributed by atoms with van der Waals surface area (Å²) in [7, 11) is 0. The van der Waals surface area contributed by atoms with Crippen LogP contribution in [-0.2, 0) is 11.3 Å². The Labute approximate surface area is 140 Å². The maximum Gasteiger partial charge on any atom is 0.414 e. The molecule has 6 nitrogen and oxygen atoms in total. The van der Waals surface area contributed by atoms with E-state index in [9.17, 15) is 9.18 Å². The standard InChI is InChI=1S/C17H21FN4O2/c1-3-22(17(23)24-4-2)14-8-9-15(21-16(14)19)20-11-12-6-5-7-13(18)10-12/h5-10H,3-4,11H2,1-2H3,(H3,19,20,21). The number of ether oxygens (including phenoxy) is 1. The van der Waals surface area contributed by atoms with Crippen LogP contribution in [0.3, 0.4) is 0 Å². The number of nitrogens with zero attached hydrogens (tertiary/aromatic N) is 2. The molecule has 3 N–H and O–H groups in total. The van der Waals surface area contributed by atoms with Crippen LogP contribution in [0.25, 0.3) is 0 Å². The Morgan fingerprint density at radius 3 is 2.75 bits per heavy atom. The minimum Gasteiger partial charge on any atom is -0.449 e. The van der Waals surface area contributed by atoms with E-state index >= 15 is 0 Å². The molecule has 7 heteroatoms. The zero-order valence-corrected chi connectivity index (χ0v) is 13.8. The number of anilines is 3. The van der Waals surface area contributed by atoms with Gasteiger partial charge in [0.2, 0.25) is 0 Å². The number of nitrogen functional groups attached to an aromatic ring is 1. The van der Waals surface area contributed by atoms with E-state index in [0.29, 0.717) is 24.6 Å². The van der Waals surface area contributed by atoms with Gasteiger partial charge in [0.1, 0.15) is 17.5 Å². The number of hydrogen-bond donors (Lipinski definition) is 2. The molecule has 0 aliphatic rings. The molecule has 1 aromatic heterocycles. The van der Waals surface area contributed by atoms with Crippen molar-refractivity contribution >= 4 is 23.4 Å². The number of pyridine rings is 1. The second-order valence-electron chi connectivity index (χ2n) is 5.03. The van der Waals surface area contributed by atoms with Crippen molar-refractivity contribution in [1.82, 2.24) is 4.98 Å². The number of hydrogen-bond acceptors (Lipinski definition) is 5. The van der Waals surface area contributed by atoms with Crippen molar-refractivity contribution in [2.45, 2.75) is 20.4 Å². The molecule has 24 heavy (non-hydrogen) atoms. The van der Waals surface area contributed by atoms with Gasteiger partial charge in [0.05, 0.1) is 12.3 Å². The zero-order chi connectivity index (χ0) is 17.5. The summed E-state index contributed by atoms with van der Waals surface area (Å²) in [6.07, 6.45) is -0.464. The summed E-state index contributed by atoms with van der Waals surface area (Å²) in [4.78, 5) is 17.6. The van der Waals surface area contributed by atoms with Crippen molar-refractivity contribution in [1.29, 1.82) is 0 Å². The Balaban J connectivity index is 2.09. The van der Waals surface area contributed by atoms with Crippen LogP contribution in [-0.4, -0.2) is 24.2 Å². The predicted molar refractivity (Wildman–Crippen MR) is 92.4 cm³/mol. The molecule has 1 aromatic carbocycles. The minimum absolute atomic E-state index is 0.217. The second-order valence-corrected chi connectivity index (χ2v) is 5.03. The topological polar surface area (TPSA) is 80.5 Å². The molecular weight excluding hydrogens is 311 g/mol. The average molecular weight is 332 g/mol. The molecule has 2 aromatic rings. The lowest BCUT2D eigenvalue weighted by atomic mass is 10.2. The SMILES string of the molecule is CCOC(=O)N(CC)c1ccc(NCc2cccc(F)c2)nc1N. The number of amides is 1. The third-order valence-corrected chi connectivity index (χ3v) is 3.36. The fourth-order valence-corrected chi connectivity index (χ4v) is 2.23. The van der Waals surface area contributed by atoms with E-state index in [4.69, 9.17) is 10.5 Å². The van der Waals surface area contributed by atoms with Crippen LogP contribution in [0.4, 0.5) is 26.5 Å². The highest BCUT2D eigenvalue weighted by Crippen LogP contribution is 2.24. The molecule has 0 saturated heterocycles. The summed E-state index contributed by atoms with van der Waals surface area (Å²) in [5.41, 5.74) is 7.25. The lowest BCUT2D eigenvalue weighted by Crippen LogP contribution is -2.32. The van der Waals surface area contributed by atoms with E-state index in [0.717, 1.165) is 5.56 Å². The van der Waals surface area contributed by atoms with Crippen LogP contribution in [0.15, 0.2) is 36.4 Å². The molecule has 0 saturated carbocycles. The summed E-state index contributed by atoms with van der Waals surface area (Å²) >= 11 is 0. The average Bonchev–Trinajstić information content (AvgIpc) is 2.56. The molecule has 0 unspecified atom stereocenters. The molecule has 2 rings (SSSR count). The first-order valence-electron chi connectivity index (χ1n) is 7.74. The number of nitrogens with two attached hydrogens (primary N) is 1. The Morgan fingerprint density at radius 2 is 2.12 bits per heavy atom. The van der Waals surface area contributed by atoms with E-state index < -0.39 is 6.09 Å². The molecule has 0 spiro atoms. The van der Waals surface area contributed by atoms with Gasteiger partial charge in [0.25, 0.3) is 0 Å². The predicted octanol–water partition coefficient (Wildman–Crippen LogP) is 3.40. The van der Waals surface area contributed by atoms with Gasteiger partial charge in [0, 0.05) is 13.1 Å². The molecule has 1 heterocycles. The second kappa shape index (κ2) is 8.14. The largest absolute Gasteiger partial charge is 0.449 e. The third kappa shape index (κ3) is 4.34. The lowest BCUT2D eigenvalue weighted by molar-refractivity contribution is 0.160. The zero-order valence-electron chi connectivity index (χ0n) is 13.8. The van der Waals surface area contributed by atoms with Crippen molar-refractivity contribution in [3.63, 3.8) is 0 Å². The van der Waals surface area contributed by atoms with Gasteiger partial charge >= 0.3 is 6.09 Å². The monoisotopic (exact) mass is 332 g/mol. The number of nitrogens with one attached hydrogen (secondary N) is 1. The van der Waals surface area contributed by atoms with Gasteiger partial charge in [0.15, 0.2) is 0 Å². The Morgan fingerprint density at radius 1 is 1.33 bits per heavy atom. The Kier molecular flexibility index (Phi) is 5.95. The van der Waals surface area contributed by atoms with Gasteiger partial charge in [-0.15, -0.1) is 0 Å². The fourth-order valence-electron chi connectivity index (χ4n) is 2.23. The maximum atomic E-state index is 13.2. The fraction of sp³-hybridized carbons (Fsp3) is 0.294. The van der Waals surface area contributed by atoms with Crippen LogP contribution in [0.5, 0.6) is 0 Å². The van der Waals surface area contributed by atoms with Gasteiger partial charge in [-0.2, -0.15) is 0 Å². The smallest absolute Gasteiger partial charge is 0.414 e. The molecule has 0 fully saturated rings. The summed E-state index contributed by atoms with van der Waals surface area (Å²) < 4.78 is 18.2. The number of aromatic nitrogens is 1. The molecule has 0 aliphatic carbocycles. The van der Waals surface area contributed by atoms with Crippen LogP contribution in [0.1, 0.15) is 19.4 Å². The number of carbonyl (C=O) groups excluding carboxylic acids is 1. The van der Waals surface area contributed by atoms with Crippen molar-refractivity contribution < 1.29 is 13.9 Å². The minimum atomic E-state index is -0.464. The molecular formula is C17H21FN4O2. The van der Waals surface area contributed by atoms with Crippen molar-refractivity contribution in [3.05, 3.63) is 47.8 Å². The van der Waals surface area contributed by atoms with Crippen LogP contribution in [0, 0.1) is 5.82 Å². The van der Waals surface area contributed by atoms with E-state index in [1.54, 1.807) is 25.1 Å². The number of halogens is 1. The first kappa shape index (κ1) is 17.5. The molecule has 0 aliphatic heterocycles. The van der Waals surface area contributed by atoms with Gasteiger partial charge in [-0.05, 0) is 43.7 Å². The van der Waals surface area contributed by atoms with E-state index in [-0.39, 0.29) is 18.2 Å². The molecule has 0 bridgehead atoms. The van der Waals surface area contributed by atoms with Crippen molar-refractivity contribution in [2.24, 2.45) is 0 Å². The van der Waals surface area contributed by atoms with Crippen molar-refractivity contribution in [3.8, 4) is 0 Å². The highest BCUT2D eigenvalue weighted by molar-refractivity contribution is 5.91. The lowest BCUT2D eigenvalue weighted by Gasteiger charge is -2.21. The molecule has 0 radical (unpaired) electrons. The summed E-state index contributed by atoms with van der Waals surface area (Å²) in [5, 5.41) is 3.08. The van der Waals surface area contributed by atoms with Gasteiger partial charge in [-0.3, -0.25) is 4.90 Å². The summed E-state index contributed by atoms with van der Waals surface area (Å²) in [6.45, 7) is 4.69. The quantitative estimate of drug-likeness (QED) is 0.847. The Hall–Kier alpha value is -2.83. The van der Waals surface area contributed by atoms with E-state index in [2.05, 4.69) is 10.3 Å². The highest BCUT2D eigenvalue weighted by atomic mass is 19.1. The van der Waals surface area contributed by atoms with Gasteiger partial charge < -0.3 is 15.8 Å². The van der Waals surface area contributed by atoms with E-state index in [1.807, 2.05) is 13.0 Å². The first-order chi connectivity index (χ1) is 11.5. The molecule has 0 atom stereocenters. The van der Waals surface area contributed by atoms with E-state index in [1.165, 1.54) is 17.0 Å².